The molecule has 1 aliphatic carbocycles. The van der Waals surface area contributed by atoms with Crippen LogP contribution in [0, 0.1) is 6.92 Å². The molecule has 5 rings (SSSR count). The van der Waals surface area contributed by atoms with Gasteiger partial charge in [-0.15, -0.1) is 11.3 Å². The SMILES string of the molecule is Cc1cccc(CO)c1-n1c2c(cc(-c3nc(-c4ccc(Cl)cc4)cs3)c1=O)C(=O)CCC2. The van der Waals surface area contributed by atoms with Crippen molar-refractivity contribution in [3.63, 3.8) is 0 Å². The average molecular weight is 477 g/mol. The van der Waals surface area contributed by atoms with E-state index in [0.29, 0.717) is 57.4 Å². The minimum absolute atomic E-state index is 0.0277. The van der Waals surface area contributed by atoms with E-state index in [1.807, 2.05) is 36.6 Å². The number of carbonyl (C=O) groups excluding carboxylic acids is 1. The van der Waals surface area contributed by atoms with Crippen LogP contribution in [0.3, 0.4) is 0 Å². The molecule has 0 aliphatic heterocycles. The number of aliphatic hydroxyl groups is 1. The monoisotopic (exact) mass is 476 g/mol. The van der Waals surface area contributed by atoms with Crippen molar-refractivity contribution >= 4 is 28.7 Å². The lowest BCUT2D eigenvalue weighted by atomic mass is 9.92. The van der Waals surface area contributed by atoms with Gasteiger partial charge in [0, 0.05) is 39.2 Å². The zero-order chi connectivity index (χ0) is 23.1. The van der Waals surface area contributed by atoms with Gasteiger partial charge in [-0.05, 0) is 43.5 Å². The van der Waals surface area contributed by atoms with Gasteiger partial charge in [-0.1, -0.05) is 41.9 Å². The number of para-hydroxylation sites is 1. The molecule has 4 aromatic rings. The van der Waals surface area contributed by atoms with Gasteiger partial charge in [0.15, 0.2) is 5.78 Å². The van der Waals surface area contributed by atoms with Crippen molar-refractivity contribution in [2.75, 3.05) is 0 Å². The Hall–Kier alpha value is -3.06. The molecule has 0 radical (unpaired) electrons. The minimum atomic E-state index is -0.232. The normalized spacial score (nSPS) is 13.2. The van der Waals surface area contributed by atoms with Crippen molar-refractivity contribution in [1.82, 2.24) is 9.55 Å². The zero-order valence-corrected chi connectivity index (χ0v) is 19.5. The zero-order valence-electron chi connectivity index (χ0n) is 18.0. The van der Waals surface area contributed by atoms with Crippen LogP contribution in [0.5, 0.6) is 0 Å². The van der Waals surface area contributed by atoms with Gasteiger partial charge in [0.25, 0.3) is 5.56 Å². The van der Waals surface area contributed by atoms with Gasteiger partial charge in [0.2, 0.25) is 0 Å². The third-order valence-electron chi connectivity index (χ3n) is 6.01. The summed E-state index contributed by atoms with van der Waals surface area (Å²) >= 11 is 7.37. The van der Waals surface area contributed by atoms with Crippen molar-refractivity contribution in [3.05, 3.63) is 91.7 Å². The van der Waals surface area contributed by atoms with E-state index in [2.05, 4.69) is 0 Å². The van der Waals surface area contributed by atoms with Crippen molar-refractivity contribution in [2.24, 2.45) is 0 Å². The van der Waals surface area contributed by atoms with Crippen LogP contribution in [0.2, 0.25) is 5.02 Å². The largest absolute Gasteiger partial charge is 0.392 e. The maximum Gasteiger partial charge on any atom is 0.265 e. The standard InChI is InChI=1S/C26H21ClN2O3S/c1-15-4-2-5-17(13-30)24(15)29-22-6-3-7-23(31)19(22)12-20(26(29)32)25-28-21(14-33-25)16-8-10-18(27)11-9-16/h2,4-5,8-12,14,30H,3,6-7,13H2,1H3. The Balaban J connectivity index is 1.75. The Labute approximate surface area is 199 Å². The Morgan fingerprint density at radius 2 is 1.88 bits per heavy atom. The van der Waals surface area contributed by atoms with Crippen LogP contribution in [0.15, 0.2) is 58.7 Å². The second-order valence-electron chi connectivity index (χ2n) is 8.12. The lowest BCUT2D eigenvalue weighted by Crippen LogP contribution is -2.30. The number of carbonyl (C=O) groups is 1. The smallest absolute Gasteiger partial charge is 0.265 e. The maximum atomic E-state index is 13.9. The molecule has 2 aromatic heterocycles. The Bertz CT molecular complexity index is 1440. The average Bonchev–Trinajstić information content (AvgIpc) is 3.30. The van der Waals surface area contributed by atoms with Crippen LogP contribution in [-0.2, 0) is 13.0 Å². The highest BCUT2D eigenvalue weighted by Gasteiger charge is 2.27. The summed E-state index contributed by atoms with van der Waals surface area (Å²) in [5.74, 6) is 0.0277. The summed E-state index contributed by atoms with van der Waals surface area (Å²) in [5.41, 5.74) is 5.23. The Morgan fingerprint density at radius 3 is 2.64 bits per heavy atom. The fraction of sp³-hybridized carbons (Fsp3) is 0.192. The predicted octanol–water partition coefficient (Wildman–Crippen LogP) is 5.60. The first kappa shape index (κ1) is 21.8. The molecule has 0 fully saturated rings. The molecule has 7 heteroatoms. The molecule has 0 bridgehead atoms. The number of rotatable bonds is 4. The minimum Gasteiger partial charge on any atom is -0.392 e. The van der Waals surface area contributed by atoms with Crippen LogP contribution in [0.4, 0.5) is 0 Å². The number of pyridine rings is 1. The molecule has 1 aliphatic rings. The van der Waals surface area contributed by atoms with Gasteiger partial charge in [-0.2, -0.15) is 0 Å². The first-order valence-corrected chi connectivity index (χ1v) is 12.0. The summed E-state index contributed by atoms with van der Waals surface area (Å²) in [5, 5.41) is 13.1. The maximum absolute atomic E-state index is 13.9. The Kier molecular flexibility index (Phi) is 5.74. The second-order valence-corrected chi connectivity index (χ2v) is 9.42. The molecule has 166 valence electrons. The fourth-order valence-electron chi connectivity index (χ4n) is 4.40. The summed E-state index contributed by atoms with van der Waals surface area (Å²) in [6, 6.07) is 14.7. The molecule has 0 spiro atoms. The molecular weight excluding hydrogens is 456 g/mol. The lowest BCUT2D eigenvalue weighted by Gasteiger charge is -2.24. The number of benzene rings is 2. The molecule has 0 saturated heterocycles. The third kappa shape index (κ3) is 3.84. The molecule has 2 heterocycles. The highest BCUT2D eigenvalue weighted by Crippen LogP contribution is 2.32. The van der Waals surface area contributed by atoms with E-state index < -0.39 is 0 Å². The number of aromatic nitrogens is 2. The molecular formula is C26H21ClN2O3S. The number of hydrogen-bond donors (Lipinski definition) is 1. The van der Waals surface area contributed by atoms with Crippen LogP contribution in [-0.4, -0.2) is 20.4 Å². The number of fused-ring (bicyclic) bond motifs is 1. The van der Waals surface area contributed by atoms with Crippen LogP contribution in [0.25, 0.3) is 27.5 Å². The van der Waals surface area contributed by atoms with Crippen molar-refractivity contribution in [3.8, 4) is 27.5 Å². The summed E-state index contributed by atoms with van der Waals surface area (Å²) in [6.45, 7) is 1.71. The highest BCUT2D eigenvalue weighted by molar-refractivity contribution is 7.13. The van der Waals surface area contributed by atoms with Crippen molar-refractivity contribution in [2.45, 2.75) is 32.8 Å². The summed E-state index contributed by atoms with van der Waals surface area (Å²) in [7, 11) is 0. The van der Waals surface area contributed by atoms with Gasteiger partial charge in [-0.3, -0.25) is 14.2 Å². The first-order chi connectivity index (χ1) is 16.0. The number of Topliss-reactive ketones (excluding diaryl/α,β-unsaturated/α-hetero) is 1. The van der Waals surface area contributed by atoms with E-state index >= 15 is 0 Å². The number of thiazole rings is 1. The molecule has 33 heavy (non-hydrogen) atoms. The van der Waals surface area contributed by atoms with E-state index in [9.17, 15) is 14.7 Å². The predicted molar refractivity (Wildman–Crippen MR) is 132 cm³/mol. The second kappa shape index (κ2) is 8.71. The van der Waals surface area contributed by atoms with E-state index in [1.54, 1.807) is 28.8 Å². The van der Waals surface area contributed by atoms with Gasteiger partial charge < -0.3 is 5.11 Å². The van der Waals surface area contributed by atoms with Crippen LogP contribution in [0.1, 0.15) is 40.0 Å². The summed E-state index contributed by atoms with van der Waals surface area (Å²) < 4.78 is 1.63. The summed E-state index contributed by atoms with van der Waals surface area (Å²) in [6.07, 6.45) is 1.78. The van der Waals surface area contributed by atoms with Crippen LogP contribution < -0.4 is 5.56 Å². The van der Waals surface area contributed by atoms with Crippen molar-refractivity contribution in [1.29, 1.82) is 0 Å². The number of aryl methyl sites for hydroxylation is 1. The van der Waals surface area contributed by atoms with E-state index in [0.717, 1.165) is 16.8 Å². The molecule has 1 N–H and O–H groups in total. The topological polar surface area (TPSA) is 72.2 Å². The fourth-order valence-corrected chi connectivity index (χ4v) is 5.36. The number of halogens is 1. The van der Waals surface area contributed by atoms with Gasteiger partial charge >= 0.3 is 0 Å². The molecule has 0 unspecified atom stereocenters. The lowest BCUT2D eigenvalue weighted by molar-refractivity contribution is 0.0971. The molecule has 0 atom stereocenters. The van der Waals surface area contributed by atoms with E-state index in [1.165, 1.54) is 11.3 Å². The number of ketones is 1. The van der Waals surface area contributed by atoms with Crippen LogP contribution >= 0.6 is 22.9 Å². The number of nitrogens with zero attached hydrogens (tertiary/aromatic N) is 2. The van der Waals surface area contributed by atoms with E-state index in [-0.39, 0.29) is 17.9 Å². The molecule has 2 aromatic carbocycles. The van der Waals surface area contributed by atoms with Gasteiger partial charge in [0.05, 0.1) is 23.6 Å². The number of hydrogen-bond acceptors (Lipinski definition) is 5. The molecule has 0 saturated carbocycles. The highest BCUT2D eigenvalue weighted by atomic mass is 35.5. The molecule has 5 nitrogen and oxygen atoms in total. The molecule has 0 amide bonds. The Morgan fingerprint density at radius 1 is 1.09 bits per heavy atom. The number of aliphatic hydroxyl groups excluding tert-OH is 1. The van der Waals surface area contributed by atoms with Gasteiger partial charge in [-0.25, -0.2) is 4.98 Å². The van der Waals surface area contributed by atoms with E-state index in [4.69, 9.17) is 16.6 Å². The first-order valence-electron chi connectivity index (χ1n) is 10.7. The summed E-state index contributed by atoms with van der Waals surface area (Å²) in [4.78, 5) is 31.5. The van der Waals surface area contributed by atoms with Gasteiger partial charge in [0.1, 0.15) is 5.01 Å². The van der Waals surface area contributed by atoms with Crippen molar-refractivity contribution < 1.29 is 9.90 Å². The quantitative estimate of drug-likeness (QED) is 0.416. The third-order valence-corrected chi connectivity index (χ3v) is 7.14.